The van der Waals surface area contributed by atoms with E-state index in [0.29, 0.717) is 5.56 Å². The van der Waals surface area contributed by atoms with E-state index in [-0.39, 0.29) is 18.4 Å². The first kappa shape index (κ1) is 24.3. The predicted octanol–water partition coefficient (Wildman–Crippen LogP) is 5.78. The number of aromatic nitrogens is 1. The van der Waals surface area contributed by atoms with E-state index >= 15 is 0 Å². The zero-order valence-electron chi connectivity index (χ0n) is 19.2. The number of unbranched alkanes of at least 4 members (excludes halogenated alkanes) is 1. The number of rotatable bonds is 8. The molecule has 172 valence electrons. The fourth-order valence-corrected chi connectivity index (χ4v) is 4.87. The molecule has 0 saturated carbocycles. The number of ether oxygens (including phenoxy) is 1. The van der Waals surface area contributed by atoms with Crippen LogP contribution in [0.2, 0.25) is 0 Å². The lowest BCUT2D eigenvalue weighted by atomic mass is 9.97. The van der Waals surface area contributed by atoms with Gasteiger partial charge in [0.05, 0.1) is 12.7 Å². The number of piperidine rings is 1. The van der Waals surface area contributed by atoms with Crippen LogP contribution in [-0.4, -0.2) is 30.7 Å². The number of halogens is 1. The second-order valence-corrected chi connectivity index (χ2v) is 8.72. The lowest BCUT2D eigenvalue weighted by molar-refractivity contribution is 0.0600. The summed E-state index contributed by atoms with van der Waals surface area (Å²) in [5.41, 5.74) is 6.15. The third-order valence-electron chi connectivity index (χ3n) is 6.62. The Morgan fingerprint density at radius 1 is 1.09 bits per heavy atom. The van der Waals surface area contributed by atoms with Gasteiger partial charge in [0.2, 0.25) is 0 Å². The van der Waals surface area contributed by atoms with E-state index in [1.807, 2.05) is 12.1 Å². The summed E-state index contributed by atoms with van der Waals surface area (Å²) in [6.07, 6.45) is 6.92. The Balaban J connectivity index is 0.00000289. The Kier molecular flexibility index (Phi) is 8.77. The molecule has 3 aromatic rings. The Bertz CT molecular complexity index is 1020. The maximum atomic E-state index is 11.8. The summed E-state index contributed by atoms with van der Waals surface area (Å²) in [4.78, 5) is 11.8. The van der Waals surface area contributed by atoms with Crippen molar-refractivity contribution in [2.45, 2.75) is 52.0 Å². The molecule has 32 heavy (non-hydrogen) atoms. The molecule has 1 saturated heterocycles. The van der Waals surface area contributed by atoms with Crippen molar-refractivity contribution in [3.8, 4) is 0 Å². The number of nitrogens with zero attached hydrogens (tertiary/aromatic N) is 1. The molecular weight excluding hydrogens is 420 g/mol. The number of esters is 1. The number of nitrogens with one attached hydrogen (secondary N) is 1. The normalized spacial score (nSPS) is 14.3. The second kappa shape index (κ2) is 11.5. The van der Waals surface area contributed by atoms with E-state index < -0.39 is 0 Å². The summed E-state index contributed by atoms with van der Waals surface area (Å²) >= 11 is 0. The first-order valence-corrected chi connectivity index (χ1v) is 11.7. The number of carbonyl (C=O) groups is 1. The van der Waals surface area contributed by atoms with Crippen LogP contribution in [0.5, 0.6) is 0 Å². The highest BCUT2D eigenvalue weighted by molar-refractivity contribution is 5.89. The molecule has 0 radical (unpaired) electrons. The van der Waals surface area contributed by atoms with Crippen molar-refractivity contribution in [3.05, 3.63) is 70.9 Å². The third kappa shape index (κ3) is 5.36. The lowest BCUT2D eigenvalue weighted by Gasteiger charge is -2.25. The summed E-state index contributed by atoms with van der Waals surface area (Å²) in [6.45, 7) is 5.65. The second-order valence-electron chi connectivity index (χ2n) is 8.72. The molecule has 2 aromatic carbocycles. The highest BCUT2D eigenvalue weighted by Crippen LogP contribution is 2.31. The molecule has 2 heterocycles. The molecule has 5 heteroatoms. The zero-order chi connectivity index (χ0) is 21.6. The first-order chi connectivity index (χ1) is 15.2. The van der Waals surface area contributed by atoms with Crippen LogP contribution in [0.25, 0.3) is 10.9 Å². The largest absolute Gasteiger partial charge is 0.465 e. The van der Waals surface area contributed by atoms with E-state index in [4.69, 9.17) is 4.74 Å². The summed E-state index contributed by atoms with van der Waals surface area (Å²) < 4.78 is 7.47. The van der Waals surface area contributed by atoms with Gasteiger partial charge >= 0.3 is 5.97 Å². The molecule has 1 N–H and O–H groups in total. The molecule has 0 unspecified atom stereocenters. The average molecular weight is 455 g/mol. The molecular formula is C27H35ClN2O2. The van der Waals surface area contributed by atoms with Crippen LogP contribution in [0.3, 0.4) is 0 Å². The number of methoxy groups -OCH3 is 1. The van der Waals surface area contributed by atoms with Crippen molar-refractivity contribution in [3.63, 3.8) is 0 Å². The van der Waals surface area contributed by atoms with Gasteiger partial charge in [-0.1, -0.05) is 43.7 Å². The van der Waals surface area contributed by atoms with Gasteiger partial charge in [-0.3, -0.25) is 0 Å². The minimum Gasteiger partial charge on any atom is -0.465 e. The van der Waals surface area contributed by atoms with Crippen LogP contribution in [-0.2, 0) is 24.1 Å². The van der Waals surface area contributed by atoms with E-state index in [0.717, 1.165) is 38.4 Å². The molecule has 0 bridgehead atoms. The van der Waals surface area contributed by atoms with Crippen LogP contribution in [0.1, 0.15) is 59.8 Å². The van der Waals surface area contributed by atoms with Gasteiger partial charge in [-0.05, 0) is 80.4 Å². The topological polar surface area (TPSA) is 43.3 Å². The standard InChI is InChI=1S/C27H34N2O2.ClH/c1-3-4-8-26-24(18-20-10-12-22(13-11-20)27(30)31-2)23-7-5-6-9-25(23)29(26)19-21-14-16-28-17-15-21;/h5-7,9-13,21,28H,3-4,8,14-19H2,1-2H3;1H. The minimum absolute atomic E-state index is 0. The predicted molar refractivity (Wildman–Crippen MR) is 134 cm³/mol. The van der Waals surface area contributed by atoms with Crippen molar-refractivity contribution in [2.75, 3.05) is 20.2 Å². The maximum Gasteiger partial charge on any atom is 0.337 e. The van der Waals surface area contributed by atoms with Crippen molar-refractivity contribution < 1.29 is 9.53 Å². The van der Waals surface area contributed by atoms with Crippen LogP contribution in [0, 0.1) is 5.92 Å². The molecule has 0 atom stereocenters. The fourth-order valence-electron chi connectivity index (χ4n) is 4.87. The molecule has 1 fully saturated rings. The van der Waals surface area contributed by atoms with Gasteiger partial charge in [-0.25, -0.2) is 4.79 Å². The number of hydrogen-bond acceptors (Lipinski definition) is 3. The van der Waals surface area contributed by atoms with E-state index in [9.17, 15) is 4.79 Å². The molecule has 0 spiro atoms. The Morgan fingerprint density at radius 3 is 2.50 bits per heavy atom. The molecule has 0 aliphatic carbocycles. The number of para-hydroxylation sites is 1. The summed E-state index contributed by atoms with van der Waals surface area (Å²) in [5, 5.41) is 4.87. The van der Waals surface area contributed by atoms with Crippen molar-refractivity contribution >= 4 is 29.3 Å². The van der Waals surface area contributed by atoms with Crippen molar-refractivity contribution in [1.29, 1.82) is 0 Å². The number of benzene rings is 2. The maximum absolute atomic E-state index is 11.8. The van der Waals surface area contributed by atoms with Crippen molar-refractivity contribution in [1.82, 2.24) is 9.88 Å². The Labute approximate surface area is 197 Å². The van der Waals surface area contributed by atoms with Gasteiger partial charge in [-0.2, -0.15) is 0 Å². The summed E-state index contributed by atoms with van der Waals surface area (Å²) in [7, 11) is 1.42. The zero-order valence-corrected chi connectivity index (χ0v) is 20.0. The third-order valence-corrected chi connectivity index (χ3v) is 6.62. The van der Waals surface area contributed by atoms with Gasteiger partial charge in [0.1, 0.15) is 0 Å². The van der Waals surface area contributed by atoms with E-state index in [2.05, 4.69) is 53.2 Å². The van der Waals surface area contributed by atoms with Crippen LogP contribution in [0.15, 0.2) is 48.5 Å². The smallest absolute Gasteiger partial charge is 0.337 e. The molecule has 1 aliphatic heterocycles. The Morgan fingerprint density at radius 2 is 1.81 bits per heavy atom. The molecule has 1 aromatic heterocycles. The van der Waals surface area contributed by atoms with Gasteiger partial charge in [0.15, 0.2) is 0 Å². The summed E-state index contributed by atoms with van der Waals surface area (Å²) in [5.74, 6) is 0.457. The average Bonchev–Trinajstić information content (AvgIpc) is 3.10. The van der Waals surface area contributed by atoms with Crippen LogP contribution < -0.4 is 5.32 Å². The Hall–Kier alpha value is -2.30. The monoisotopic (exact) mass is 454 g/mol. The van der Waals surface area contributed by atoms with E-state index in [1.165, 1.54) is 60.5 Å². The van der Waals surface area contributed by atoms with Gasteiger partial charge in [-0.15, -0.1) is 12.4 Å². The lowest BCUT2D eigenvalue weighted by Crippen LogP contribution is -2.30. The number of hydrogen-bond donors (Lipinski definition) is 1. The quantitative estimate of drug-likeness (QED) is 0.438. The fraction of sp³-hybridized carbons (Fsp3) is 0.444. The number of carbonyl (C=O) groups excluding carboxylic acids is 1. The first-order valence-electron chi connectivity index (χ1n) is 11.7. The number of fused-ring (bicyclic) bond motifs is 1. The molecule has 0 amide bonds. The molecule has 1 aliphatic rings. The van der Waals surface area contributed by atoms with Gasteiger partial charge in [0, 0.05) is 23.1 Å². The summed E-state index contributed by atoms with van der Waals surface area (Å²) in [6, 6.07) is 16.8. The SMILES string of the molecule is CCCCc1c(Cc2ccc(C(=O)OC)cc2)c2ccccc2n1CC1CCNCC1.Cl. The molecule has 4 rings (SSSR count). The minimum atomic E-state index is -0.284. The van der Waals surface area contributed by atoms with Gasteiger partial charge < -0.3 is 14.6 Å². The van der Waals surface area contributed by atoms with Crippen LogP contribution in [0.4, 0.5) is 0 Å². The highest BCUT2D eigenvalue weighted by Gasteiger charge is 2.21. The van der Waals surface area contributed by atoms with Crippen molar-refractivity contribution in [2.24, 2.45) is 5.92 Å². The molecule has 4 nitrogen and oxygen atoms in total. The highest BCUT2D eigenvalue weighted by atomic mass is 35.5. The van der Waals surface area contributed by atoms with Gasteiger partial charge in [0.25, 0.3) is 0 Å². The van der Waals surface area contributed by atoms with Crippen LogP contribution >= 0.6 is 12.4 Å². The van der Waals surface area contributed by atoms with E-state index in [1.54, 1.807) is 0 Å².